The first-order valence-electron chi connectivity index (χ1n) is 6.59. The summed E-state index contributed by atoms with van der Waals surface area (Å²) < 4.78 is 4.63. The van der Waals surface area contributed by atoms with E-state index < -0.39 is 11.4 Å². The van der Waals surface area contributed by atoms with E-state index >= 15 is 0 Å². The van der Waals surface area contributed by atoms with Crippen LogP contribution in [0, 0.1) is 5.41 Å². The number of hydrogen-bond donors (Lipinski definition) is 1. The van der Waals surface area contributed by atoms with Crippen molar-refractivity contribution in [3.8, 4) is 0 Å². The van der Waals surface area contributed by atoms with E-state index in [1.54, 1.807) is 16.3 Å². The smallest absolute Gasteiger partial charge is 0.338 e. The zero-order chi connectivity index (χ0) is 15.6. The second-order valence-electron chi connectivity index (χ2n) is 5.40. The molecule has 0 spiro atoms. The van der Waals surface area contributed by atoms with E-state index in [9.17, 15) is 14.4 Å². The first-order valence-corrected chi connectivity index (χ1v) is 7.47. The van der Waals surface area contributed by atoms with Crippen LogP contribution in [0.3, 0.4) is 0 Å². The summed E-state index contributed by atoms with van der Waals surface area (Å²) in [5.41, 5.74) is -0.180. The molecule has 1 aromatic rings. The number of ether oxygens (including phenoxy) is 1. The number of hydrogen-bond acceptors (Lipinski definition) is 5. The fourth-order valence-electron chi connectivity index (χ4n) is 2.30. The normalized spacial score (nSPS) is 21.2. The molecule has 1 aliphatic rings. The Morgan fingerprint density at radius 3 is 2.71 bits per heavy atom. The van der Waals surface area contributed by atoms with Crippen LogP contribution in [0.5, 0.6) is 0 Å². The quantitative estimate of drug-likeness (QED) is 0.863. The highest BCUT2D eigenvalue weighted by molar-refractivity contribution is 7.14. The van der Waals surface area contributed by atoms with E-state index in [0.29, 0.717) is 30.1 Å². The number of amides is 2. The van der Waals surface area contributed by atoms with Crippen molar-refractivity contribution in [2.45, 2.75) is 20.3 Å². The number of likely N-dealkylation sites (tertiary alicyclic amines) is 1. The Morgan fingerprint density at radius 2 is 2.14 bits per heavy atom. The number of thiophene rings is 1. The molecule has 1 atom stereocenters. The van der Waals surface area contributed by atoms with E-state index in [1.807, 2.05) is 6.92 Å². The number of nitrogens with zero attached hydrogens (tertiary/aromatic N) is 1. The maximum atomic E-state index is 12.4. The van der Waals surface area contributed by atoms with Gasteiger partial charge in [-0.25, -0.2) is 4.79 Å². The van der Waals surface area contributed by atoms with Gasteiger partial charge in [0.1, 0.15) is 0 Å². The molecule has 1 N–H and O–H groups in total. The summed E-state index contributed by atoms with van der Waals surface area (Å²) in [6, 6.07) is 1.59. The summed E-state index contributed by atoms with van der Waals surface area (Å²) >= 11 is 1.27. The number of anilines is 1. The molecule has 1 aromatic heterocycles. The Morgan fingerprint density at radius 1 is 1.43 bits per heavy atom. The highest BCUT2D eigenvalue weighted by Gasteiger charge is 2.41. The molecule has 21 heavy (non-hydrogen) atoms. The molecule has 0 radical (unpaired) electrons. The van der Waals surface area contributed by atoms with Crippen molar-refractivity contribution in [2.75, 3.05) is 25.5 Å². The van der Waals surface area contributed by atoms with Crippen LogP contribution in [-0.2, 0) is 14.3 Å². The van der Waals surface area contributed by atoms with Gasteiger partial charge in [0.05, 0.1) is 23.1 Å². The third-order valence-electron chi connectivity index (χ3n) is 3.72. The molecule has 6 nitrogen and oxygen atoms in total. The third kappa shape index (κ3) is 3.24. The molecule has 0 aliphatic carbocycles. The summed E-state index contributed by atoms with van der Waals surface area (Å²) in [6.45, 7) is 4.37. The average molecular weight is 310 g/mol. The lowest BCUT2D eigenvalue weighted by atomic mass is 9.89. The first-order chi connectivity index (χ1) is 9.85. The molecule has 0 bridgehead atoms. The van der Waals surface area contributed by atoms with Gasteiger partial charge in [-0.2, -0.15) is 0 Å². The molecule has 2 amide bonds. The van der Waals surface area contributed by atoms with Crippen molar-refractivity contribution in [1.82, 2.24) is 4.90 Å². The van der Waals surface area contributed by atoms with Crippen LogP contribution in [-0.4, -0.2) is 42.9 Å². The predicted octanol–water partition coefficient (Wildman–Crippen LogP) is 1.73. The molecule has 114 valence electrons. The number of nitrogens with one attached hydrogen (secondary N) is 1. The first kappa shape index (κ1) is 15.5. The van der Waals surface area contributed by atoms with Gasteiger partial charge in [0, 0.05) is 25.4 Å². The van der Waals surface area contributed by atoms with Crippen LogP contribution in [0.2, 0.25) is 0 Å². The number of carbonyl (C=O) groups excluding carboxylic acids is 3. The Balaban J connectivity index is 2.03. The molecule has 1 aliphatic heterocycles. The number of methoxy groups -OCH3 is 1. The minimum absolute atomic E-state index is 0.0179. The molecular formula is C14H18N2O4S. The van der Waals surface area contributed by atoms with E-state index in [1.165, 1.54) is 25.4 Å². The van der Waals surface area contributed by atoms with Gasteiger partial charge in [0.25, 0.3) is 0 Å². The van der Waals surface area contributed by atoms with Gasteiger partial charge < -0.3 is 15.0 Å². The molecule has 2 heterocycles. The standard InChI is InChI=1S/C14H18N2O4S/c1-9(17)16-5-4-14(2,8-16)13(19)15-11-6-10(7-21-11)12(18)20-3/h6-7H,4-5,8H2,1-3H3,(H,15,19). The maximum absolute atomic E-state index is 12.4. The largest absolute Gasteiger partial charge is 0.465 e. The van der Waals surface area contributed by atoms with Crippen LogP contribution in [0.25, 0.3) is 0 Å². The van der Waals surface area contributed by atoms with Crippen molar-refractivity contribution in [3.63, 3.8) is 0 Å². The van der Waals surface area contributed by atoms with Crippen LogP contribution in [0.4, 0.5) is 5.00 Å². The van der Waals surface area contributed by atoms with Crippen LogP contribution >= 0.6 is 11.3 Å². The summed E-state index contributed by atoms with van der Waals surface area (Å²) in [5.74, 6) is -0.582. The van der Waals surface area contributed by atoms with Crippen molar-refractivity contribution in [2.24, 2.45) is 5.41 Å². The summed E-state index contributed by atoms with van der Waals surface area (Å²) in [6.07, 6.45) is 0.633. The fourth-order valence-corrected chi connectivity index (χ4v) is 3.07. The van der Waals surface area contributed by atoms with Gasteiger partial charge >= 0.3 is 5.97 Å². The van der Waals surface area contributed by atoms with E-state index in [4.69, 9.17) is 0 Å². The molecule has 1 unspecified atom stereocenters. The van der Waals surface area contributed by atoms with Crippen molar-refractivity contribution in [1.29, 1.82) is 0 Å². The lowest BCUT2D eigenvalue weighted by Crippen LogP contribution is -2.37. The maximum Gasteiger partial charge on any atom is 0.338 e. The molecule has 7 heteroatoms. The van der Waals surface area contributed by atoms with E-state index in [2.05, 4.69) is 10.1 Å². The summed E-state index contributed by atoms with van der Waals surface area (Å²) in [7, 11) is 1.31. The lowest BCUT2D eigenvalue weighted by molar-refractivity contribution is -0.129. The molecular weight excluding hydrogens is 292 g/mol. The fraction of sp³-hybridized carbons (Fsp3) is 0.500. The highest BCUT2D eigenvalue weighted by Crippen LogP contribution is 2.32. The molecule has 2 rings (SSSR count). The van der Waals surface area contributed by atoms with Crippen molar-refractivity contribution in [3.05, 3.63) is 17.0 Å². The summed E-state index contributed by atoms with van der Waals surface area (Å²) in [5, 5.41) is 5.06. The monoisotopic (exact) mass is 310 g/mol. The zero-order valence-electron chi connectivity index (χ0n) is 12.3. The van der Waals surface area contributed by atoms with Gasteiger partial charge in [0.2, 0.25) is 11.8 Å². The zero-order valence-corrected chi connectivity index (χ0v) is 13.1. The second-order valence-corrected chi connectivity index (χ2v) is 6.31. The van der Waals surface area contributed by atoms with Gasteiger partial charge in [0.15, 0.2) is 0 Å². The van der Waals surface area contributed by atoms with Crippen LogP contribution < -0.4 is 5.32 Å². The van der Waals surface area contributed by atoms with Gasteiger partial charge in [-0.05, 0) is 19.4 Å². The van der Waals surface area contributed by atoms with E-state index in [0.717, 1.165) is 0 Å². The topological polar surface area (TPSA) is 75.7 Å². The molecule has 0 saturated carbocycles. The van der Waals surface area contributed by atoms with Crippen molar-refractivity contribution >= 4 is 34.1 Å². The number of carbonyl (C=O) groups is 3. The Labute approximate surface area is 127 Å². The average Bonchev–Trinajstić information content (AvgIpc) is 3.05. The Bertz CT molecular complexity index is 583. The van der Waals surface area contributed by atoms with Crippen molar-refractivity contribution < 1.29 is 19.1 Å². The number of esters is 1. The van der Waals surface area contributed by atoms with Crippen LogP contribution in [0.1, 0.15) is 30.6 Å². The van der Waals surface area contributed by atoms with Gasteiger partial charge in [-0.1, -0.05) is 0 Å². The third-order valence-corrected chi connectivity index (χ3v) is 4.57. The second kappa shape index (κ2) is 5.85. The summed E-state index contributed by atoms with van der Waals surface area (Å²) in [4.78, 5) is 36.8. The molecule has 1 fully saturated rings. The minimum Gasteiger partial charge on any atom is -0.465 e. The van der Waals surface area contributed by atoms with Gasteiger partial charge in [-0.15, -0.1) is 11.3 Å². The highest BCUT2D eigenvalue weighted by atomic mass is 32.1. The number of rotatable bonds is 3. The van der Waals surface area contributed by atoms with Gasteiger partial charge in [-0.3, -0.25) is 9.59 Å². The lowest BCUT2D eigenvalue weighted by Gasteiger charge is -2.22. The Kier molecular flexibility index (Phi) is 4.32. The molecule has 0 aromatic carbocycles. The molecule has 1 saturated heterocycles. The SMILES string of the molecule is COC(=O)c1csc(NC(=O)C2(C)CCN(C(C)=O)C2)c1. The van der Waals surface area contributed by atoms with E-state index in [-0.39, 0.29) is 11.8 Å². The van der Waals surface area contributed by atoms with Crippen LogP contribution in [0.15, 0.2) is 11.4 Å². The Hall–Kier alpha value is -1.89. The minimum atomic E-state index is -0.596. The predicted molar refractivity (Wildman–Crippen MR) is 79.3 cm³/mol.